The molecule has 0 unspecified atom stereocenters. The topological polar surface area (TPSA) is 41.6 Å². The third-order valence-corrected chi connectivity index (χ3v) is 4.11. The monoisotopic (exact) mass is 310 g/mol. The summed E-state index contributed by atoms with van der Waals surface area (Å²) in [5.74, 6) is 1.51. The predicted octanol–water partition coefficient (Wildman–Crippen LogP) is 2.57. The smallest absolute Gasteiger partial charge is 0.222 e. The maximum Gasteiger partial charge on any atom is 0.222 e. The van der Waals surface area contributed by atoms with E-state index in [4.69, 9.17) is 16.3 Å². The van der Waals surface area contributed by atoms with Crippen LogP contribution < -0.4 is 10.1 Å². The first-order valence-corrected chi connectivity index (χ1v) is 7.86. The van der Waals surface area contributed by atoms with Gasteiger partial charge in [0.1, 0.15) is 12.4 Å². The van der Waals surface area contributed by atoms with Gasteiger partial charge in [-0.1, -0.05) is 11.6 Å². The lowest BCUT2D eigenvalue weighted by Gasteiger charge is -2.25. The molecule has 0 bridgehead atoms. The number of hydrogen-bond acceptors (Lipinski definition) is 3. The van der Waals surface area contributed by atoms with Crippen LogP contribution in [0.25, 0.3) is 0 Å². The number of benzene rings is 1. The summed E-state index contributed by atoms with van der Waals surface area (Å²) < 4.78 is 5.61. The van der Waals surface area contributed by atoms with Crippen LogP contribution >= 0.6 is 11.6 Å². The number of rotatable bonds is 6. The fraction of sp³-hybridized carbons (Fsp3) is 0.562. The van der Waals surface area contributed by atoms with Gasteiger partial charge in [-0.25, -0.2) is 0 Å². The summed E-state index contributed by atoms with van der Waals surface area (Å²) in [7, 11) is 1.84. The highest BCUT2D eigenvalue weighted by atomic mass is 35.5. The molecule has 0 saturated carbocycles. The van der Waals surface area contributed by atoms with E-state index in [-0.39, 0.29) is 5.91 Å². The Kier molecular flexibility index (Phi) is 6.33. The van der Waals surface area contributed by atoms with Gasteiger partial charge in [-0.05, 0) is 56.1 Å². The van der Waals surface area contributed by atoms with Crippen molar-refractivity contribution in [3.8, 4) is 5.75 Å². The van der Waals surface area contributed by atoms with Crippen LogP contribution in [0.4, 0.5) is 0 Å². The van der Waals surface area contributed by atoms with E-state index in [0.29, 0.717) is 30.5 Å². The normalized spacial score (nSPS) is 15.7. The molecule has 1 N–H and O–H groups in total. The first kappa shape index (κ1) is 16.1. The van der Waals surface area contributed by atoms with E-state index in [1.807, 2.05) is 19.2 Å². The van der Waals surface area contributed by atoms with Gasteiger partial charge in [-0.3, -0.25) is 4.79 Å². The fourth-order valence-electron chi connectivity index (χ4n) is 2.44. The average molecular weight is 311 g/mol. The van der Waals surface area contributed by atoms with Crippen molar-refractivity contribution in [2.45, 2.75) is 19.3 Å². The van der Waals surface area contributed by atoms with E-state index in [2.05, 4.69) is 5.32 Å². The fourth-order valence-corrected chi connectivity index (χ4v) is 2.57. The number of piperidine rings is 1. The highest BCUT2D eigenvalue weighted by Crippen LogP contribution is 2.17. The lowest BCUT2D eigenvalue weighted by atomic mass is 9.94. The third-order valence-electron chi connectivity index (χ3n) is 3.86. The van der Waals surface area contributed by atoms with Crippen LogP contribution in [0.2, 0.25) is 5.02 Å². The zero-order valence-electron chi connectivity index (χ0n) is 12.5. The number of amides is 1. The van der Waals surface area contributed by atoms with E-state index in [1.165, 1.54) is 0 Å². The van der Waals surface area contributed by atoms with Crippen LogP contribution in [0.3, 0.4) is 0 Å². The molecule has 0 aliphatic carbocycles. The van der Waals surface area contributed by atoms with Gasteiger partial charge in [-0.15, -0.1) is 0 Å². The Morgan fingerprint density at radius 1 is 1.33 bits per heavy atom. The molecule has 1 saturated heterocycles. The van der Waals surface area contributed by atoms with Gasteiger partial charge in [0.15, 0.2) is 0 Å². The summed E-state index contributed by atoms with van der Waals surface area (Å²) in [6, 6.07) is 7.25. The van der Waals surface area contributed by atoms with Gasteiger partial charge in [-0.2, -0.15) is 0 Å². The number of carbonyl (C=O) groups excluding carboxylic acids is 1. The number of hydrogen-bond donors (Lipinski definition) is 1. The second-order valence-electron chi connectivity index (χ2n) is 5.52. The molecule has 21 heavy (non-hydrogen) atoms. The molecule has 116 valence electrons. The van der Waals surface area contributed by atoms with Crippen molar-refractivity contribution in [1.82, 2.24) is 10.2 Å². The molecule has 0 spiro atoms. The summed E-state index contributed by atoms with van der Waals surface area (Å²) in [4.78, 5) is 13.9. The highest BCUT2D eigenvalue weighted by molar-refractivity contribution is 6.30. The summed E-state index contributed by atoms with van der Waals surface area (Å²) in [6.45, 7) is 3.16. The molecule has 1 fully saturated rings. The Morgan fingerprint density at radius 3 is 2.67 bits per heavy atom. The largest absolute Gasteiger partial charge is 0.492 e. The molecule has 1 aliphatic heterocycles. The van der Waals surface area contributed by atoms with Crippen molar-refractivity contribution >= 4 is 17.5 Å². The molecule has 0 aromatic heterocycles. The lowest BCUT2D eigenvalue weighted by Crippen LogP contribution is -2.35. The van der Waals surface area contributed by atoms with Crippen molar-refractivity contribution in [3.05, 3.63) is 29.3 Å². The number of nitrogens with one attached hydrogen (secondary N) is 1. The highest BCUT2D eigenvalue weighted by Gasteiger charge is 2.18. The van der Waals surface area contributed by atoms with Crippen molar-refractivity contribution in [3.63, 3.8) is 0 Å². The molecule has 5 heteroatoms. The molecule has 1 heterocycles. The lowest BCUT2D eigenvalue weighted by molar-refractivity contribution is -0.131. The Hall–Kier alpha value is -1.26. The standard InChI is InChI=1S/C16H23ClN2O2/c1-19(16(20)12-13-6-8-18-9-7-13)10-11-21-15-4-2-14(17)3-5-15/h2-5,13,18H,6-12H2,1H3. The minimum Gasteiger partial charge on any atom is -0.492 e. The van der Waals surface area contributed by atoms with Gasteiger partial charge < -0.3 is 15.0 Å². The quantitative estimate of drug-likeness (QED) is 0.878. The van der Waals surface area contributed by atoms with Crippen molar-refractivity contribution < 1.29 is 9.53 Å². The minimum atomic E-state index is 0.210. The van der Waals surface area contributed by atoms with Gasteiger partial charge in [0, 0.05) is 18.5 Å². The van der Waals surface area contributed by atoms with Crippen molar-refractivity contribution in [2.75, 3.05) is 33.3 Å². The van der Waals surface area contributed by atoms with Crippen molar-refractivity contribution in [1.29, 1.82) is 0 Å². The molecule has 2 rings (SSSR count). The molecule has 1 aliphatic rings. The van der Waals surface area contributed by atoms with E-state index < -0.39 is 0 Å². The maximum atomic E-state index is 12.1. The number of ether oxygens (including phenoxy) is 1. The average Bonchev–Trinajstić information content (AvgIpc) is 2.50. The van der Waals surface area contributed by atoms with E-state index in [0.717, 1.165) is 31.7 Å². The first-order chi connectivity index (χ1) is 10.1. The van der Waals surface area contributed by atoms with Crippen LogP contribution in [-0.2, 0) is 4.79 Å². The molecule has 1 aromatic carbocycles. The molecule has 4 nitrogen and oxygen atoms in total. The van der Waals surface area contributed by atoms with E-state index in [1.54, 1.807) is 17.0 Å². The molecular formula is C16H23ClN2O2. The summed E-state index contributed by atoms with van der Waals surface area (Å²) >= 11 is 5.82. The second-order valence-corrected chi connectivity index (χ2v) is 5.95. The van der Waals surface area contributed by atoms with Crippen LogP contribution in [0, 0.1) is 5.92 Å². The van der Waals surface area contributed by atoms with Gasteiger partial charge in [0.25, 0.3) is 0 Å². The summed E-state index contributed by atoms with van der Waals surface area (Å²) in [6.07, 6.45) is 2.85. The van der Waals surface area contributed by atoms with E-state index in [9.17, 15) is 4.79 Å². The predicted molar refractivity (Wildman–Crippen MR) is 84.8 cm³/mol. The minimum absolute atomic E-state index is 0.210. The second kappa shape index (κ2) is 8.25. The van der Waals surface area contributed by atoms with Gasteiger partial charge in [0.2, 0.25) is 5.91 Å². The molecule has 1 amide bonds. The molecule has 0 atom stereocenters. The van der Waals surface area contributed by atoms with Crippen LogP contribution in [0.1, 0.15) is 19.3 Å². The Balaban J connectivity index is 1.67. The summed E-state index contributed by atoms with van der Waals surface area (Å²) in [5, 5.41) is 4.01. The Bertz CT molecular complexity index is 444. The summed E-state index contributed by atoms with van der Waals surface area (Å²) in [5.41, 5.74) is 0. The van der Waals surface area contributed by atoms with Crippen LogP contribution in [0.15, 0.2) is 24.3 Å². The van der Waals surface area contributed by atoms with E-state index >= 15 is 0 Å². The SMILES string of the molecule is CN(CCOc1ccc(Cl)cc1)C(=O)CC1CCNCC1. The number of likely N-dealkylation sites (N-methyl/N-ethyl adjacent to an activating group) is 1. The third kappa shape index (κ3) is 5.56. The first-order valence-electron chi connectivity index (χ1n) is 7.48. The Labute approximate surface area is 131 Å². The molecule has 0 radical (unpaired) electrons. The van der Waals surface area contributed by atoms with Gasteiger partial charge >= 0.3 is 0 Å². The van der Waals surface area contributed by atoms with Crippen LogP contribution in [-0.4, -0.2) is 44.1 Å². The van der Waals surface area contributed by atoms with Gasteiger partial charge in [0.05, 0.1) is 6.54 Å². The number of halogens is 1. The molecule has 1 aromatic rings. The van der Waals surface area contributed by atoms with Crippen LogP contribution in [0.5, 0.6) is 5.75 Å². The number of nitrogens with zero attached hydrogens (tertiary/aromatic N) is 1. The molecular weight excluding hydrogens is 288 g/mol. The Morgan fingerprint density at radius 2 is 2.00 bits per heavy atom. The van der Waals surface area contributed by atoms with Crippen molar-refractivity contribution in [2.24, 2.45) is 5.92 Å². The zero-order valence-corrected chi connectivity index (χ0v) is 13.2. The zero-order chi connectivity index (χ0) is 15.1. The maximum absolute atomic E-state index is 12.1. The number of carbonyl (C=O) groups is 1.